The third kappa shape index (κ3) is 2.87. The van der Waals surface area contributed by atoms with Crippen molar-refractivity contribution in [2.24, 2.45) is 0 Å². The summed E-state index contributed by atoms with van der Waals surface area (Å²) in [5.74, 6) is -0.743. The number of carboxylic acids is 1. The second-order valence-electron chi connectivity index (χ2n) is 3.56. The zero-order valence-electron chi connectivity index (χ0n) is 9.34. The standard InChI is InChI=1S/C13H10BrNO3/c14-11-10(13(16)17)6-7-15-12(11)18-8-9-4-2-1-3-5-9/h1-7H,8H2,(H,16,17). The van der Waals surface area contributed by atoms with E-state index < -0.39 is 5.97 Å². The van der Waals surface area contributed by atoms with E-state index in [1.807, 2.05) is 30.3 Å². The summed E-state index contributed by atoms with van der Waals surface area (Å²) < 4.78 is 5.85. The fraction of sp³-hybridized carbons (Fsp3) is 0.0769. The van der Waals surface area contributed by atoms with E-state index in [1.165, 1.54) is 12.3 Å². The molecule has 1 aromatic carbocycles. The van der Waals surface area contributed by atoms with Crippen LogP contribution in [0.5, 0.6) is 5.88 Å². The Kier molecular flexibility index (Phi) is 3.94. The van der Waals surface area contributed by atoms with Gasteiger partial charge in [0.2, 0.25) is 5.88 Å². The van der Waals surface area contributed by atoms with Gasteiger partial charge in [0.15, 0.2) is 0 Å². The minimum absolute atomic E-state index is 0.132. The topological polar surface area (TPSA) is 59.4 Å². The Morgan fingerprint density at radius 3 is 2.67 bits per heavy atom. The monoisotopic (exact) mass is 307 g/mol. The maximum Gasteiger partial charge on any atom is 0.337 e. The van der Waals surface area contributed by atoms with Crippen LogP contribution >= 0.6 is 15.9 Å². The molecule has 4 nitrogen and oxygen atoms in total. The molecule has 0 atom stereocenters. The van der Waals surface area contributed by atoms with Gasteiger partial charge in [0.05, 0.1) is 10.0 Å². The highest BCUT2D eigenvalue weighted by Crippen LogP contribution is 2.26. The second-order valence-corrected chi connectivity index (χ2v) is 4.35. The summed E-state index contributed by atoms with van der Waals surface area (Å²) in [5, 5.41) is 8.96. The van der Waals surface area contributed by atoms with E-state index >= 15 is 0 Å². The van der Waals surface area contributed by atoms with Gasteiger partial charge in [-0.05, 0) is 27.6 Å². The predicted molar refractivity (Wildman–Crippen MR) is 69.7 cm³/mol. The largest absolute Gasteiger partial charge is 0.478 e. The van der Waals surface area contributed by atoms with Gasteiger partial charge in [0, 0.05) is 6.20 Å². The van der Waals surface area contributed by atoms with Crippen molar-refractivity contribution in [3.63, 3.8) is 0 Å². The summed E-state index contributed by atoms with van der Waals surface area (Å²) in [4.78, 5) is 14.9. The Morgan fingerprint density at radius 2 is 2.00 bits per heavy atom. The van der Waals surface area contributed by atoms with Gasteiger partial charge in [-0.15, -0.1) is 0 Å². The van der Waals surface area contributed by atoms with Crippen LogP contribution in [0.25, 0.3) is 0 Å². The lowest BCUT2D eigenvalue weighted by Crippen LogP contribution is -2.03. The number of halogens is 1. The maximum absolute atomic E-state index is 10.9. The lowest BCUT2D eigenvalue weighted by atomic mass is 10.2. The molecule has 0 aliphatic carbocycles. The molecule has 0 saturated carbocycles. The minimum atomic E-state index is -1.02. The van der Waals surface area contributed by atoms with Crippen LogP contribution < -0.4 is 4.74 Å². The summed E-state index contributed by atoms with van der Waals surface area (Å²) >= 11 is 3.19. The van der Waals surface area contributed by atoms with Gasteiger partial charge in [-0.25, -0.2) is 9.78 Å². The molecule has 92 valence electrons. The van der Waals surface area contributed by atoms with Gasteiger partial charge in [-0.1, -0.05) is 30.3 Å². The molecule has 1 aromatic heterocycles. The minimum Gasteiger partial charge on any atom is -0.478 e. The Balaban J connectivity index is 2.15. The van der Waals surface area contributed by atoms with E-state index in [0.717, 1.165) is 5.56 Å². The Morgan fingerprint density at radius 1 is 1.28 bits per heavy atom. The molecular formula is C13H10BrNO3. The molecule has 18 heavy (non-hydrogen) atoms. The third-order valence-electron chi connectivity index (χ3n) is 2.31. The zero-order valence-corrected chi connectivity index (χ0v) is 10.9. The first kappa shape index (κ1) is 12.6. The molecule has 0 saturated heterocycles. The molecular weight excluding hydrogens is 298 g/mol. The lowest BCUT2D eigenvalue weighted by Gasteiger charge is -2.08. The molecule has 5 heteroatoms. The van der Waals surface area contributed by atoms with Crippen molar-refractivity contribution >= 4 is 21.9 Å². The van der Waals surface area contributed by atoms with Crippen LogP contribution in [-0.2, 0) is 6.61 Å². The van der Waals surface area contributed by atoms with Crippen LogP contribution in [0.3, 0.4) is 0 Å². The van der Waals surface area contributed by atoms with Crippen molar-refractivity contribution in [1.29, 1.82) is 0 Å². The maximum atomic E-state index is 10.9. The van der Waals surface area contributed by atoms with Gasteiger partial charge in [-0.2, -0.15) is 0 Å². The summed E-state index contributed by atoms with van der Waals surface area (Å²) in [7, 11) is 0. The van der Waals surface area contributed by atoms with Gasteiger partial charge >= 0.3 is 5.97 Å². The number of carbonyl (C=O) groups is 1. The van der Waals surface area contributed by atoms with Crippen LogP contribution in [0.15, 0.2) is 47.1 Å². The first-order valence-electron chi connectivity index (χ1n) is 5.23. The summed E-state index contributed by atoms with van der Waals surface area (Å²) in [6.45, 7) is 0.343. The number of hydrogen-bond acceptors (Lipinski definition) is 3. The number of ether oxygens (including phenoxy) is 1. The van der Waals surface area contributed by atoms with Crippen molar-refractivity contribution in [1.82, 2.24) is 4.98 Å². The predicted octanol–water partition coefficient (Wildman–Crippen LogP) is 3.12. The molecule has 1 N–H and O–H groups in total. The third-order valence-corrected chi connectivity index (χ3v) is 3.07. The van der Waals surface area contributed by atoms with E-state index in [-0.39, 0.29) is 11.4 Å². The molecule has 0 unspecified atom stereocenters. The number of aromatic carboxylic acids is 1. The highest BCUT2D eigenvalue weighted by molar-refractivity contribution is 9.10. The number of benzene rings is 1. The van der Waals surface area contributed by atoms with Crippen molar-refractivity contribution in [2.75, 3.05) is 0 Å². The average molecular weight is 308 g/mol. The Hall–Kier alpha value is -1.88. The first-order valence-corrected chi connectivity index (χ1v) is 6.02. The van der Waals surface area contributed by atoms with Crippen molar-refractivity contribution < 1.29 is 14.6 Å². The van der Waals surface area contributed by atoms with Crippen LogP contribution in [-0.4, -0.2) is 16.1 Å². The van der Waals surface area contributed by atoms with Crippen LogP contribution in [0.1, 0.15) is 15.9 Å². The Bertz CT molecular complexity index is 557. The van der Waals surface area contributed by atoms with Gasteiger partial charge in [0.25, 0.3) is 0 Å². The molecule has 0 amide bonds. The smallest absolute Gasteiger partial charge is 0.337 e. The second kappa shape index (κ2) is 5.64. The zero-order chi connectivity index (χ0) is 13.0. The van der Waals surface area contributed by atoms with Crippen LogP contribution in [0.2, 0.25) is 0 Å². The number of rotatable bonds is 4. The fourth-order valence-corrected chi connectivity index (χ4v) is 1.93. The van der Waals surface area contributed by atoms with Crippen LogP contribution in [0, 0.1) is 0 Å². The molecule has 0 radical (unpaired) electrons. The molecule has 1 heterocycles. The lowest BCUT2D eigenvalue weighted by molar-refractivity contribution is 0.0695. The summed E-state index contributed by atoms with van der Waals surface area (Å²) in [5.41, 5.74) is 1.12. The number of pyridine rings is 1. The van der Waals surface area contributed by atoms with Gasteiger partial charge < -0.3 is 9.84 Å². The Labute approximate surface area is 112 Å². The molecule has 2 aromatic rings. The van der Waals surface area contributed by atoms with E-state index in [4.69, 9.17) is 9.84 Å². The van der Waals surface area contributed by atoms with Crippen molar-refractivity contribution in [2.45, 2.75) is 6.61 Å². The van der Waals surface area contributed by atoms with Crippen molar-refractivity contribution in [3.8, 4) is 5.88 Å². The van der Waals surface area contributed by atoms with E-state index in [1.54, 1.807) is 0 Å². The van der Waals surface area contributed by atoms with Gasteiger partial charge in [-0.3, -0.25) is 0 Å². The number of carboxylic acid groups (broad SMARTS) is 1. The SMILES string of the molecule is O=C(O)c1ccnc(OCc2ccccc2)c1Br. The molecule has 0 bridgehead atoms. The normalized spacial score (nSPS) is 10.1. The quantitative estimate of drug-likeness (QED) is 0.943. The molecule has 0 fully saturated rings. The van der Waals surface area contributed by atoms with E-state index in [9.17, 15) is 4.79 Å². The number of aromatic nitrogens is 1. The summed E-state index contributed by atoms with van der Waals surface area (Å²) in [6.07, 6.45) is 1.41. The van der Waals surface area contributed by atoms with E-state index in [0.29, 0.717) is 11.1 Å². The fourth-order valence-electron chi connectivity index (χ4n) is 1.42. The molecule has 0 aliphatic rings. The highest BCUT2D eigenvalue weighted by Gasteiger charge is 2.13. The summed E-state index contributed by atoms with van der Waals surface area (Å²) in [6, 6.07) is 11.0. The molecule has 0 spiro atoms. The average Bonchev–Trinajstić information content (AvgIpc) is 2.38. The molecule has 2 rings (SSSR count). The van der Waals surface area contributed by atoms with Gasteiger partial charge in [0.1, 0.15) is 6.61 Å². The highest BCUT2D eigenvalue weighted by atomic mass is 79.9. The number of nitrogens with zero attached hydrogens (tertiary/aromatic N) is 1. The van der Waals surface area contributed by atoms with E-state index in [2.05, 4.69) is 20.9 Å². The first-order chi connectivity index (χ1) is 8.68. The van der Waals surface area contributed by atoms with Crippen molar-refractivity contribution in [3.05, 3.63) is 58.2 Å². The van der Waals surface area contributed by atoms with Crippen LogP contribution in [0.4, 0.5) is 0 Å². The number of hydrogen-bond donors (Lipinski definition) is 1. The molecule has 0 aliphatic heterocycles.